The Morgan fingerprint density at radius 3 is 2.32 bits per heavy atom. The number of esters is 1. The third kappa shape index (κ3) is 4.15. The van der Waals surface area contributed by atoms with Crippen LogP contribution in [0.3, 0.4) is 0 Å². The van der Waals surface area contributed by atoms with E-state index in [2.05, 4.69) is 20.8 Å². The number of Topliss-reactive ketones (excluding diaryl/α,β-unsaturated/α-hetero) is 1. The number of hydrogen-bond acceptors (Lipinski definition) is 6. The minimum atomic E-state index is -0.925. The van der Waals surface area contributed by atoms with Crippen molar-refractivity contribution >= 4 is 20.8 Å². The molecule has 1 aliphatic heterocycles. The Bertz CT molecular complexity index is 538. The van der Waals surface area contributed by atoms with Gasteiger partial charge < -0.3 is 18.6 Å². The Labute approximate surface area is 152 Å². The summed E-state index contributed by atoms with van der Waals surface area (Å²) in [4.78, 5) is 25.5. The number of rotatable bonds is 5. The maximum Gasteiger partial charge on any atom is 0.308 e. The van der Waals surface area contributed by atoms with Gasteiger partial charge in [-0.1, -0.05) is 27.7 Å². The topological polar surface area (TPSA) is 71.1 Å². The van der Waals surface area contributed by atoms with Crippen molar-refractivity contribution in [2.45, 2.75) is 79.1 Å². The monoisotopic (exact) mass is 371 g/mol. The van der Waals surface area contributed by atoms with Gasteiger partial charge in [0.15, 0.2) is 18.4 Å². The molecule has 2 aliphatic rings. The van der Waals surface area contributed by atoms with Gasteiger partial charge in [0.2, 0.25) is 9.04 Å². The summed E-state index contributed by atoms with van der Waals surface area (Å²) in [5, 5.41) is 0. The molecule has 25 heavy (non-hydrogen) atoms. The largest absolute Gasteiger partial charge is 0.439 e. The van der Waals surface area contributed by atoms with Crippen LogP contribution >= 0.6 is 0 Å². The summed E-state index contributed by atoms with van der Waals surface area (Å²) in [6.07, 6.45) is -0.973. The summed E-state index contributed by atoms with van der Waals surface area (Å²) in [7, 11) is -0.925. The number of carbonyl (C=O) groups excluding carboxylic acids is 2. The van der Waals surface area contributed by atoms with Crippen molar-refractivity contribution in [3.05, 3.63) is 0 Å². The molecule has 1 aliphatic carbocycles. The minimum Gasteiger partial charge on any atom is -0.439 e. The third-order valence-corrected chi connectivity index (χ3v) is 5.67. The molecule has 1 saturated carbocycles. The number of ether oxygens (including phenoxy) is 3. The Hall–Kier alpha value is -0.763. The van der Waals surface area contributed by atoms with Crippen LogP contribution in [0.4, 0.5) is 0 Å². The average Bonchev–Trinajstić information content (AvgIpc) is 2.79. The van der Waals surface area contributed by atoms with Gasteiger partial charge in [-0.25, -0.2) is 0 Å². The molecule has 6 nitrogen and oxygen atoms in total. The van der Waals surface area contributed by atoms with E-state index in [0.29, 0.717) is 0 Å². The first-order valence-corrected chi connectivity index (χ1v) is 11.2. The standard InChI is InChI=1S/C18H31O6Si/c1-16(2,3)14-12-13(24-17(4,5)23-12)15(20)18(14,6)9-11(19)21-10-22-25(7)8/h12-14H,9-10H2,1-8H3/t12-,13+,14-,18-/m0/s1. The van der Waals surface area contributed by atoms with Crippen LogP contribution in [0.15, 0.2) is 0 Å². The summed E-state index contributed by atoms with van der Waals surface area (Å²) in [5.74, 6) is -1.43. The van der Waals surface area contributed by atoms with Crippen LogP contribution in [0.2, 0.25) is 13.1 Å². The molecule has 0 spiro atoms. The highest BCUT2D eigenvalue weighted by Crippen LogP contribution is 2.56. The van der Waals surface area contributed by atoms with Crippen LogP contribution in [0, 0.1) is 16.7 Å². The first-order chi connectivity index (χ1) is 11.3. The molecule has 0 aromatic rings. The summed E-state index contributed by atoms with van der Waals surface area (Å²) < 4.78 is 22.5. The zero-order valence-electron chi connectivity index (χ0n) is 16.6. The molecule has 2 rings (SSSR count). The molecule has 143 valence electrons. The Balaban J connectivity index is 2.20. The van der Waals surface area contributed by atoms with Gasteiger partial charge in [0.1, 0.15) is 6.10 Å². The van der Waals surface area contributed by atoms with Gasteiger partial charge in [0.25, 0.3) is 0 Å². The lowest BCUT2D eigenvalue weighted by atomic mass is 9.64. The summed E-state index contributed by atoms with van der Waals surface area (Å²) in [6, 6.07) is 0. The lowest BCUT2D eigenvalue weighted by molar-refractivity contribution is -0.182. The molecule has 1 saturated heterocycles. The maximum absolute atomic E-state index is 13.1. The van der Waals surface area contributed by atoms with E-state index in [4.69, 9.17) is 18.6 Å². The van der Waals surface area contributed by atoms with Gasteiger partial charge >= 0.3 is 5.97 Å². The van der Waals surface area contributed by atoms with Crippen molar-refractivity contribution < 1.29 is 28.2 Å². The number of carbonyl (C=O) groups is 2. The van der Waals surface area contributed by atoms with Gasteiger partial charge in [-0.3, -0.25) is 9.59 Å². The fourth-order valence-electron chi connectivity index (χ4n) is 4.29. The van der Waals surface area contributed by atoms with E-state index >= 15 is 0 Å². The predicted octanol–water partition coefficient (Wildman–Crippen LogP) is 2.92. The molecule has 0 N–H and O–H groups in total. The van der Waals surface area contributed by atoms with Crippen LogP contribution in [0.5, 0.6) is 0 Å². The molecule has 0 bridgehead atoms. The molecule has 2 fully saturated rings. The van der Waals surface area contributed by atoms with Crippen LogP contribution in [-0.4, -0.2) is 45.6 Å². The van der Waals surface area contributed by atoms with Crippen LogP contribution < -0.4 is 0 Å². The van der Waals surface area contributed by atoms with Crippen LogP contribution in [0.1, 0.15) is 48.0 Å². The van der Waals surface area contributed by atoms with Gasteiger partial charge in [0.05, 0.1) is 12.5 Å². The third-order valence-electron chi connectivity index (χ3n) is 4.98. The smallest absolute Gasteiger partial charge is 0.308 e. The average molecular weight is 372 g/mol. The first-order valence-electron chi connectivity index (χ1n) is 8.76. The molecule has 1 heterocycles. The molecule has 1 radical (unpaired) electrons. The summed E-state index contributed by atoms with van der Waals surface area (Å²) in [5.41, 5.74) is -1.11. The fraction of sp³-hybridized carbons (Fsp3) is 0.889. The number of hydrogen-bond donors (Lipinski definition) is 0. The van der Waals surface area contributed by atoms with E-state index in [1.54, 1.807) is 0 Å². The Morgan fingerprint density at radius 2 is 1.80 bits per heavy atom. The summed E-state index contributed by atoms with van der Waals surface area (Å²) >= 11 is 0. The molecule has 4 atom stereocenters. The SMILES string of the molecule is C[Si](C)OCOC(=O)C[C@]1(C)C(=O)[C@@H]2OC(C)(C)O[C@@H]2[C@H]1C(C)(C)C. The lowest BCUT2D eigenvalue weighted by Crippen LogP contribution is -2.44. The molecule has 0 unspecified atom stereocenters. The zero-order chi connectivity index (χ0) is 19.2. The number of ketones is 1. The van der Waals surface area contributed by atoms with E-state index < -0.39 is 32.3 Å². The summed E-state index contributed by atoms with van der Waals surface area (Å²) in [6.45, 7) is 15.5. The quantitative estimate of drug-likeness (QED) is 0.420. The molecule has 0 aromatic carbocycles. The minimum absolute atomic E-state index is 0.00673. The van der Waals surface area contributed by atoms with E-state index in [1.165, 1.54) is 0 Å². The Morgan fingerprint density at radius 1 is 1.20 bits per heavy atom. The van der Waals surface area contributed by atoms with Crippen molar-refractivity contribution in [2.24, 2.45) is 16.7 Å². The molecular weight excluding hydrogens is 340 g/mol. The normalized spacial score (nSPS) is 34.4. The van der Waals surface area contributed by atoms with Gasteiger partial charge in [-0.15, -0.1) is 0 Å². The molecule has 7 heteroatoms. The fourth-order valence-corrected chi connectivity index (χ4v) is 4.58. The van der Waals surface area contributed by atoms with E-state index in [0.717, 1.165) is 0 Å². The molecule has 0 aromatic heterocycles. The molecular formula is C18H31O6Si. The Kier molecular flexibility index (Phi) is 5.55. The van der Waals surface area contributed by atoms with Crippen LogP contribution in [0.25, 0.3) is 0 Å². The zero-order valence-corrected chi connectivity index (χ0v) is 17.6. The maximum atomic E-state index is 13.1. The van der Waals surface area contributed by atoms with E-state index in [9.17, 15) is 9.59 Å². The van der Waals surface area contributed by atoms with Crippen molar-refractivity contribution in [3.8, 4) is 0 Å². The second kappa shape index (κ2) is 6.76. The highest BCUT2D eigenvalue weighted by Gasteiger charge is 2.67. The van der Waals surface area contributed by atoms with Crippen molar-refractivity contribution in [1.29, 1.82) is 0 Å². The van der Waals surface area contributed by atoms with Gasteiger partial charge in [0, 0.05) is 11.3 Å². The van der Waals surface area contributed by atoms with Gasteiger partial charge in [-0.05, 0) is 32.4 Å². The highest BCUT2D eigenvalue weighted by atomic mass is 28.3. The van der Waals surface area contributed by atoms with Crippen LogP contribution in [-0.2, 0) is 28.2 Å². The molecule has 0 amide bonds. The highest BCUT2D eigenvalue weighted by molar-refractivity contribution is 6.48. The van der Waals surface area contributed by atoms with Gasteiger partial charge in [-0.2, -0.15) is 0 Å². The second-order valence-corrected chi connectivity index (χ2v) is 11.1. The van der Waals surface area contributed by atoms with Crippen molar-refractivity contribution in [3.63, 3.8) is 0 Å². The van der Waals surface area contributed by atoms with E-state index in [-0.39, 0.29) is 36.4 Å². The van der Waals surface area contributed by atoms with E-state index in [1.807, 2.05) is 33.9 Å². The van der Waals surface area contributed by atoms with Crippen molar-refractivity contribution in [1.82, 2.24) is 0 Å². The predicted molar refractivity (Wildman–Crippen MR) is 94.0 cm³/mol. The number of fused-ring (bicyclic) bond motifs is 1. The second-order valence-electron chi connectivity index (χ2n) is 9.01. The lowest BCUT2D eigenvalue weighted by Gasteiger charge is -2.41. The first kappa shape index (κ1) is 20.5. The van der Waals surface area contributed by atoms with Crippen molar-refractivity contribution in [2.75, 3.05) is 6.79 Å².